The lowest BCUT2D eigenvalue weighted by Gasteiger charge is -2.34. The minimum absolute atomic E-state index is 0. The summed E-state index contributed by atoms with van der Waals surface area (Å²) in [4.78, 5) is 21.8. The quantitative estimate of drug-likeness (QED) is 0.224. The lowest BCUT2D eigenvalue weighted by Crippen LogP contribution is -2.46. The molecule has 0 radical (unpaired) electrons. The molecule has 1 amide bonds. The van der Waals surface area contributed by atoms with E-state index in [0.717, 1.165) is 38.0 Å². The third-order valence-electron chi connectivity index (χ3n) is 4.73. The van der Waals surface area contributed by atoms with Gasteiger partial charge < -0.3 is 20.3 Å². The summed E-state index contributed by atoms with van der Waals surface area (Å²) >= 11 is 5.84. The number of halogens is 5. The minimum Gasteiger partial charge on any atom is -0.475 e. The Labute approximate surface area is 202 Å². The average molecular weight is 578 g/mol. The van der Waals surface area contributed by atoms with Gasteiger partial charge in [0.25, 0.3) is 0 Å². The first-order valence-electron chi connectivity index (χ1n) is 9.84. The summed E-state index contributed by atoms with van der Waals surface area (Å²) in [7, 11) is 1.64. The molecule has 1 fully saturated rings. The highest BCUT2D eigenvalue weighted by atomic mass is 127. The molecule has 7 nitrogen and oxygen atoms in total. The molecule has 0 spiro atoms. The zero-order chi connectivity index (χ0) is 22.1. The van der Waals surface area contributed by atoms with Crippen molar-refractivity contribution in [3.05, 3.63) is 22.8 Å². The maximum absolute atomic E-state index is 12.7. The van der Waals surface area contributed by atoms with E-state index in [2.05, 4.69) is 25.5 Å². The highest BCUT2D eigenvalue weighted by Gasteiger charge is 2.31. The van der Waals surface area contributed by atoms with Crippen molar-refractivity contribution in [2.45, 2.75) is 32.4 Å². The number of aliphatic imine (C=N–C) groups is 1. The number of nitrogens with one attached hydrogen (secondary N) is 2. The Balaban J connectivity index is 0.00000480. The van der Waals surface area contributed by atoms with Gasteiger partial charge in [-0.3, -0.25) is 4.79 Å². The second kappa shape index (κ2) is 13.1. The van der Waals surface area contributed by atoms with E-state index in [1.807, 2.05) is 6.92 Å². The number of carbonyl (C=O) groups is 1. The zero-order valence-electron chi connectivity index (χ0n) is 17.5. The molecule has 2 rings (SSSR count). The molecule has 2 heterocycles. The van der Waals surface area contributed by atoms with Crippen LogP contribution in [0, 0.1) is 5.92 Å². The van der Waals surface area contributed by atoms with Crippen molar-refractivity contribution in [1.82, 2.24) is 20.5 Å². The summed E-state index contributed by atoms with van der Waals surface area (Å²) < 4.78 is 43.4. The maximum Gasteiger partial charge on any atom is 0.417 e. The van der Waals surface area contributed by atoms with E-state index >= 15 is 0 Å². The van der Waals surface area contributed by atoms with Crippen molar-refractivity contribution in [2.75, 3.05) is 39.8 Å². The van der Waals surface area contributed by atoms with Gasteiger partial charge in [0.05, 0.1) is 12.1 Å². The number of carbonyl (C=O) groups excluding carboxylic acids is 1. The predicted octanol–water partition coefficient (Wildman–Crippen LogP) is 3.56. The van der Waals surface area contributed by atoms with E-state index in [1.54, 1.807) is 7.05 Å². The molecular formula is C19H28ClF3IN5O2. The fraction of sp³-hybridized carbons (Fsp3) is 0.632. The number of nitrogens with zero attached hydrogens (tertiary/aromatic N) is 3. The standard InChI is InChI=1S/C19H27ClF3N5O2.HI/c1-3-25-18(28-7-4-13(5-8-28)10-16(29)24-2)26-6-9-30-17-15(20)11-14(12-27-17)19(21,22)23;/h11-13H,3-10H2,1-2H3,(H,24,29)(H,25,26);1H. The van der Waals surface area contributed by atoms with Crippen molar-refractivity contribution >= 4 is 47.4 Å². The summed E-state index contributed by atoms with van der Waals surface area (Å²) in [5.41, 5.74) is -0.924. The number of hydrogen-bond acceptors (Lipinski definition) is 4. The summed E-state index contributed by atoms with van der Waals surface area (Å²) in [5, 5.41) is 5.69. The number of pyridine rings is 1. The van der Waals surface area contributed by atoms with Crippen LogP contribution in [0.2, 0.25) is 5.02 Å². The molecule has 0 saturated carbocycles. The minimum atomic E-state index is -4.51. The van der Waals surface area contributed by atoms with Gasteiger partial charge in [-0.25, -0.2) is 9.98 Å². The van der Waals surface area contributed by atoms with Gasteiger partial charge >= 0.3 is 6.18 Å². The molecule has 31 heavy (non-hydrogen) atoms. The maximum atomic E-state index is 12.7. The number of ether oxygens (including phenoxy) is 1. The van der Waals surface area contributed by atoms with Gasteiger partial charge in [0, 0.05) is 39.3 Å². The average Bonchev–Trinajstić information content (AvgIpc) is 2.71. The Morgan fingerprint density at radius 3 is 2.61 bits per heavy atom. The van der Waals surface area contributed by atoms with E-state index in [1.165, 1.54) is 0 Å². The van der Waals surface area contributed by atoms with Crippen LogP contribution in [0.3, 0.4) is 0 Å². The second-order valence-electron chi connectivity index (χ2n) is 6.90. The van der Waals surface area contributed by atoms with Gasteiger partial charge in [-0.05, 0) is 31.7 Å². The van der Waals surface area contributed by atoms with Crippen molar-refractivity contribution < 1.29 is 22.7 Å². The Bertz CT molecular complexity index is 744. The van der Waals surface area contributed by atoms with Crippen LogP contribution in [0.15, 0.2) is 17.3 Å². The Morgan fingerprint density at radius 1 is 1.39 bits per heavy atom. The van der Waals surface area contributed by atoms with Crippen LogP contribution in [-0.2, 0) is 11.0 Å². The number of alkyl halides is 3. The van der Waals surface area contributed by atoms with E-state index in [-0.39, 0.29) is 47.4 Å². The third-order valence-corrected chi connectivity index (χ3v) is 5.00. The molecule has 0 bridgehead atoms. The molecule has 176 valence electrons. The number of aromatic nitrogens is 1. The lowest BCUT2D eigenvalue weighted by molar-refractivity contribution is -0.137. The third kappa shape index (κ3) is 8.87. The fourth-order valence-electron chi connectivity index (χ4n) is 3.12. The van der Waals surface area contributed by atoms with Crippen LogP contribution in [0.25, 0.3) is 0 Å². The van der Waals surface area contributed by atoms with Crippen LogP contribution >= 0.6 is 35.6 Å². The van der Waals surface area contributed by atoms with Gasteiger partial charge in [0.1, 0.15) is 11.6 Å². The van der Waals surface area contributed by atoms with E-state index in [4.69, 9.17) is 16.3 Å². The molecular weight excluding hydrogens is 550 g/mol. The van der Waals surface area contributed by atoms with Crippen molar-refractivity contribution in [3.8, 4) is 5.88 Å². The molecule has 1 aliphatic heterocycles. The second-order valence-corrected chi connectivity index (χ2v) is 7.31. The highest BCUT2D eigenvalue weighted by molar-refractivity contribution is 14.0. The van der Waals surface area contributed by atoms with Crippen LogP contribution in [0.4, 0.5) is 13.2 Å². The zero-order valence-corrected chi connectivity index (χ0v) is 20.6. The number of piperidine rings is 1. The van der Waals surface area contributed by atoms with Crippen LogP contribution < -0.4 is 15.4 Å². The first kappa shape index (κ1) is 27.5. The monoisotopic (exact) mass is 577 g/mol. The number of likely N-dealkylation sites (tertiary alicyclic amines) is 1. The molecule has 0 aliphatic carbocycles. The van der Waals surface area contributed by atoms with Gasteiger partial charge in [0.15, 0.2) is 5.96 Å². The highest BCUT2D eigenvalue weighted by Crippen LogP contribution is 2.33. The molecule has 0 unspecified atom stereocenters. The van der Waals surface area contributed by atoms with Crippen LogP contribution in [0.1, 0.15) is 31.7 Å². The smallest absolute Gasteiger partial charge is 0.417 e. The molecule has 1 saturated heterocycles. The van der Waals surface area contributed by atoms with Gasteiger partial charge in [-0.2, -0.15) is 13.2 Å². The molecule has 1 aromatic rings. The van der Waals surface area contributed by atoms with Crippen LogP contribution in [-0.4, -0.2) is 61.6 Å². The largest absolute Gasteiger partial charge is 0.475 e. The SMILES string of the molecule is CCNC(=NCCOc1ncc(C(F)(F)F)cc1Cl)N1CCC(CC(=O)NC)CC1.I. The summed E-state index contributed by atoms with van der Waals surface area (Å²) in [5.74, 6) is 1.10. The number of hydrogen-bond donors (Lipinski definition) is 2. The Kier molecular flexibility index (Phi) is 11.7. The van der Waals surface area contributed by atoms with Gasteiger partial charge in [-0.15, -0.1) is 24.0 Å². The topological polar surface area (TPSA) is 78.9 Å². The summed E-state index contributed by atoms with van der Waals surface area (Å²) in [6.07, 6.45) is -1.48. The first-order valence-corrected chi connectivity index (χ1v) is 10.2. The Morgan fingerprint density at radius 2 is 2.06 bits per heavy atom. The van der Waals surface area contributed by atoms with E-state index in [9.17, 15) is 18.0 Å². The molecule has 1 aliphatic rings. The Hall–Kier alpha value is -1.50. The van der Waals surface area contributed by atoms with E-state index < -0.39 is 11.7 Å². The van der Waals surface area contributed by atoms with Crippen molar-refractivity contribution in [2.24, 2.45) is 10.9 Å². The normalized spacial score (nSPS) is 15.3. The first-order chi connectivity index (χ1) is 14.2. The molecule has 0 atom stereocenters. The fourth-order valence-corrected chi connectivity index (χ4v) is 3.34. The molecule has 0 aromatic carbocycles. The summed E-state index contributed by atoms with van der Waals surface area (Å²) in [6.45, 7) is 4.67. The molecule has 1 aromatic heterocycles. The number of amides is 1. The van der Waals surface area contributed by atoms with Gasteiger partial charge in [0.2, 0.25) is 11.8 Å². The van der Waals surface area contributed by atoms with Crippen molar-refractivity contribution in [1.29, 1.82) is 0 Å². The molecule has 2 N–H and O–H groups in total. The molecule has 12 heteroatoms. The van der Waals surface area contributed by atoms with Crippen molar-refractivity contribution in [3.63, 3.8) is 0 Å². The summed E-state index contributed by atoms with van der Waals surface area (Å²) in [6, 6.07) is 0.792. The predicted molar refractivity (Wildman–Crippen MR) is 124 cm³/mol. The number of rotatable bonds is 7. The lowest BCUT2D eigenvalue weighted by atomic mass is 9.93. The van der Waals surface area contributed by atoms with E-state index in [0.29, 0.717) is 31.6 Å². The van der Waals surface area contributed by atoms with Gasteiger partial charge in [-0.1, -0.05) is 11.6 Å². The number of guanidine groups is 1. The van der Waals surface area contributed by atoms with Crippen LogP contribution in [0.5, 0.6) is 5.88 Å².